The zero-order valence-electron chi connectivity index (χ0n) is 15.1. The molecule has 1 saturated heterocycles. The number of hydrogen-bond donors (Lipinski definition) is 2. The molecule has 0 saturated carbocycles. The molecule has 1 aliphatic heterocycles. The first-order valence-corrected chi connectivity index (χ1v) is 9.95. The first-order valence-electron chi connectivity index (χ1n) is 8.51. The highest BCUT2D eigenvalue weighted by molar-refractivity contribution is 7.89. The van der Waals surface area contributed by atoms with Crippen LogP contribution in [0.4, 0.5) is 5.69 Å². The Bertz CT molecular complexity index is 787. The van der Waals surface area contributed by atoms with Gasteiger partial charge in [0.05, 0.1) is 9.82 Å². The van der Waals surface area contributed by atoms with Crippen LogP contribution in [0.5, 0.6) is 0 Å². The van der Waals surface area contributed by atoms with Crippen LogP contribution in [-0.4, -0.2) is 49.2 Å². The third-order valence-electron chi connectivity index (χ3n) is 4.52. The zero-order valence-corrected chi connectivity index (χ0v) is 16.7. The topological polar surface area (TPSA) is 136 Å². The number of carbonyl (C=O) groups is 1. The summed E-state index contributed by atoms with van der Waals surface area (Å²) in [6, 6.07) is 3.67. The SMILES string of the molecule is Cc1c([N+](=O)[O-])cccc1S(=O)(=O)N1CCCCC1CNC(=O)CCN.Cl. The van der Waals surface area contributed by atoms with E-state index in [0.29, 0.717) is 19.4 Å². The van der Waals surface area contributed by atoms with Gasteiger partial charge in [0.2, 0.25) is 15.9 Å². The number of hydrogen-bond acceptors (Lipinski definition) is 6. The van der Waals surface area contributed by atoms with Crippen LogP contribution >= 0.6 is 12.4 Å². The number of halogens is 1. The van der Waals surface area contributed by atoms with Gasteiger partial charge in [0.15, 0.2) is 0 Å². The fraction of sp³-hybridized carbons (Fsp3) is 0.562. The normalized spacial score (nSPS) is 17.8. The van der Waals surface area contributed by atoms with Crippen LogP contribution in [0.25, 0.3) is 0 Å². The maximum absolute atomic E-state index is 13.1. The highest BCUT2D eigenvalue weighted by Gasteiger charge is 2.35. The summed E-state index contributed by atoms with van der Waals surface area (Å²) in [7, 11) is -3.91. The quantitative estimate of drug-likeness (QED) is 0.504. The van der Waals surface area contributed by atoms with Gasteiger partial charge in [-0.15, -0.1) is 12.4 Å². The first-order chi connectivity index (χ1) is 12.3. The van der Waals surface area contributed by atoms with Gasteiger partial charge in [0, 0.05) is 43.7 Å². The number of nitro groups is 1. The standard InChI is InChI=1S/C16H24N4O5S.ClH/c1-12-14(20(22)23)6-4-7-15(12)26(24,25)19-10-3-2-5-13(19)11-18-16(21)8-9-17;/h4,6-7,13H,2-3,5,8-11,17H2,1H3,(H,18,21);1H. The minimum absolute atomic E-state index is 0. The van der Waals surface area contributed by atoms with E-state index in [-0.39, 0.29) is 60.0 Å². The summed E-state index contributed by atoms with van der Waals surface area (Å²) in [6.45, 7) is 2.19. The molecule has 1 aromatic carbocycles. The number of sulfonamides is 1. The van der Waals surface area contributed by atoms with Crippen LogP contribution in [0.3, 0.4) is 0 Å². The largest absolute Gasteiger partial charge is 0.354 e. The van der Waals surface area contributed by atoms with Crippen molar-refractivity contribution in [3.05, 3.63) is 33.9 Å². The third-order valence-corrected chi connectivity index (χ3v) is 6.61. The van der Waals surface area contributed by atoms with Crippen molar-refractivity contribution in [2.24, 2.45) is 5.73 Å². The van der Waals surface area contributed by atoms with Crippen LogP contribution in [-0.2, 0) is 14.8 Å². The monoisotopic (exact) mass is 420 g/mol. The van der Waals surface area contributed by atoms with Gasteiger partial charge in [0.25, 0.3) is 5.69 Å². The second-order valence-electron chi connectivity index (χ2n) is 6.27. The molecule has 0 aromatic heterocycles. The average Bonchev–Trinajstić information content (AvgIpc) is 2.60. The summed E-state index contributed by atoms with van der Waals surface area (Å²) in [4.78, 5) is 22.1. The Morgan fingerprint density at radius 1 is 1.41 bits per heavy atom. The molecule has 152 valence electrons. The summed E-state index contributed by atoms with van der Waals surface area (Å²) in [5, 5.41) is 13.8. The molecule has 0 bridgehead atoms. The Labute approximate surface area is 164 Å². The minimum atomic E-state index is -3.91. The van der Waals surface area contributed by atoms with Gasteiger partial charge in [0.1, 0.15) is 0 Å². The molecule has 0 radical (unpaired) electrons. The minimum Gasteiger partial charge on any atom is -0.354 e. The van der Waals surface area contributed by atoms with Gasteiger partial charge in [-0.25, -0.2) is 8.42 Å². The van der Waals surface area contributed by atoms with E-state index in [9.17, 15) is 23.3 Å². The number of nitro benzene ring substituents is 1. The highest BCUT2D eigenvalue weighted by Crippen LogP contribution is 2.30. The molecule has 0 aliphatic carbocycles. The molecule has 0 spiro atoms. The van der Waals surface area contributed by atoms with E-state index in [1.54, 1.807) is 0 Å². The molecule has 1 aromatic rings. The Morgan fingerprint density at radius 3 is 2.74 bits per heavy atom. The van der Waals surface area contributed by atoms with Crippen molar-refractivity contribution in [2.45, 2.75) is 43.5 Å². The molecule has 2 rings (SSSR count). The molecule has 27 heavy (non-hydrogen) atoms. The van der Waals surface area contributed by atoms with E-state index in [1.807, 2.05) is 0 Å². The van der Waals surface area contributed by atoms with Crippen molar-refractivity contribution in [1.29, 1.82) is 0 Å². The lowest BCUT2D eigenvalue weighted by molar-refractivity contribution is -0.385. The van der Waals surface area contributed by atoms with Crippen molar-refractivity contribution in [3.63, 3.8) is 0 Å². The molecule has 11 heteroatoms. The number of rotatable bonds is 7. The maximum atomic E-state index is 13.1. The summed E-state index contributed by atoms with van der Waals surface area (Å²) in [5.74, 6) is -0.220. The summed E-state index contributed by atoms with van der Waals surface area (Å²) in [6.07, 6.45) is 2.37. The van der Waals surface area contributed by atoms with Crippen LogP contribution in [0.2, 0.25) is 0 Å². The number of nitrogens with two attached hydrogens (primary N) is 1. The fourth-order valence-corrected chi connectivity index (χ4v) is 5.09. The number of nitrogens with one attached hydrogen (secondary N) is 1. The Balaban J connectivity index is 0.00000364. The van der Waals surface area contributed by atoms with Crippen molar-refractivity contribution in [3.8, 4) is 0 Å². The second-order valence-corrected chi connectivity index (χ2v) is 8.12. The Morgan fingerprint density at radius 2 is 2.11 bits per heavy atom. The molecular formula is C16H25ClN4O5S. The summed E-state index contributed by atoms with van der Waals surface area (Å²) in [5.41, 5.74) is 5.24. The summed E-state index contributed by atoms with van der Waals surface area (Å²) < 4.78 is 27.6. The first kappa shape index (κ1) is 23.3. The number of nitrogens with zero attached hydrogens (tertiary/aromatic N) is 2. The number of amides is 1. The van der Waals surface area contributed by atoms with Gasteiger partial charge in [-0.3, -0.25) is 14.9 Å². The number of benzene rings is 1. The van der Waals surface area contributed by atoms with E-state index in [2.05, 4.69) is 5.32 Å². The van der Waals surface area contributed by atoms with E-state index in [1.165, 1.54) is 29.4 Å². The molecule has 3 N–H and O–H groups in total. The molecule has 1 heterocycles. The number of piperidine rings is 1. The third kappa shape index (κ3) is 5.38. The summed E-state index contributed by atoms with van der Waals surface area (Å²) >= 11 is 0. The molecular weight excluding hydrogens is 396 g/mol. The van der Waals surface area contributed by atoms with Gasteiger partial charge >= 0.3 is 0 Å². The van der Waals surface area contributed by atoms with Gasteiger partial charge in [-0.05, 0) is 25.8 Å². The molecule has 1 atom stereocenters. The second kappa shape index (κ2) is 9.98. The number of carbonyl (C=O) groups excluding carboxylic acids is 1. The Kier molecular flexibility index (Phi) is 8.60. The lowest BCUT2D eigenvalue weighted by atomic mass is 10.1. The van der Waals surface area contributed by atoms with Crippen LogP contribution in [0, 0.1) is 17.0 Å². The van der Waals surface area contributed by atoms with E-state index >= 15 is 0 Å². The van der Waals surface area contributed by atoms with Crippen LogP contribution < -0.4 is 11.1 Å². The predicted molar refractivity (Wildman–Crippen MR) is 103 cm³/mol. The Hall–Kier alpha value is -1.75. The molecule has 9 nitrogen and oxygen atoms in total. The van der Waals surface area contributed by atoms with Crippen LogP contribution in [0.15, 0.2) is 23.1 Å². The average molecular weight is 421 g/mol. The predicted octanol–water partition coefficient (Wildman–Crippen LogP) is 1.33. The van der Waals surface area contributed by atoms with Gasteiger partial charge in [-0.1, -0.05) is 12.5 Å². The van der Waals surface area contributed by atoms with Crippen molar-refractivity contribution < 1.29 is 18.1 Å². The van der Waals surface area contributed by atoms with E-state index < -0.39 is 14.9 Å². The molecule has 1 aliphatic rings. The smallest absolute Gasteiger partial charge is 0.273 e. The molecule has 1 fully saturated rings. The van der Waals surface area contributed by atoms with Crippen molar-refractivity contribution >= 4 is 34.0 Å². The van der Waals surface area contributed by atoms with Crippen LogP contribution in [0.1, 0.15) is 31.2 Å². The zero-order chi connectivity index (χ0) is 19.3. The van der Waals surface area contributed by atoms with Gasteiger partial charge < -0.3 is 11.1 Å². The van der Waals surface area contributed by atoms with E-state index in [0.717, 1.165) is 6.42 Å². The molecule has 1 unspecified atom stereocenters. The lowest BCUT2D eigenvalue weighted by Gasteiger charge is -2.35. The fourth-order valence-electron chi connectivity index (χ4n) is 3.15. The maximum Gasteiger partial charge on any atom is 0.273 e. The van der Waals surface area contributed by atoms with Crippen molar-refractivity contribution in [1.82, 2.24) is 9.62 Å². The van der Waals surface area contributed by atoms with E-state index in [4.69, 9.17) is 5.73 Å². The lowest BCUT2D eigenvalue weighted by Crippen LogP contribution is -2.49. The highest BCUT2D eigenvalue weighted by atomic mass is 35.5. The molecule has 1 amide bonds. The van der Waals surface area contributed by atoms with Gasteiger partial charge in [-0.2, -0.15) is 4.31 Å². The van der Waals surface area contributed by atoms with Crippen molar-refractivity contribution in [2.75, 3.05) is 19.6 Å².